The normalized spacial score (nSPS) is 10.9. The van der Waals surface area contributed by atoms with E-state index in [0.29, 0.717) is 28.0 Å². The lowest BCUT2D eigenvalue weighted by atomic mass is 10.1. The van der Waals surface area contributed by atoms with Gasteiger partial charge in [-0.25, -0.2) is 9.97 Å². The molecule has 1 aromatic carbocycles. The van der Waals surface area contributed by atoms with Crippen LogP contribution >= 0.6 is 11.6 Å². The van der Waals surface area contributed by atoms with Crippen molar-refractivity contribution in [2.75, 3.05) is 5.32 Å². The van der Waals surface area contributed by atoms with Crippen LogP contribution in [0.1, 0.15) is 39.7 Å². The Morgan fingerprint density at radius 1 is 1.23 bits per heavy atom. The molecule has 0 aliphatic rings. The smallest absolute Gasteiger partial charge is 0.279 e. The minimum Gasteiger partial charge on any atom is -0.440 e. The molecule has 0 radical (unpaired) electrons. The second kappa shape index (κ2) is 7.91. The topological polar surface area (TPSA) is 129 Å². The largest absolute Gasteiger partial charge is 0.440 e. The molecule has 0 aliphatic heterocycles. The van der Waals surface area contributed by atoms with Gasteiger partial charge in [0.05, 0.1) is 12.4 Å². The first-order valence-electron chi connectivity index (χ1n) is 8.79. The number of carbonyl (C=O) groups is 2. The molecule has 1 amide bonds. The fourth-order valence-electron chi connectivity index (χ4n) is 2.70. The summed E-state index contributed by atoms with van der Waals surface area (Å²) >= 11 is 6.04. The molecule has 0 unspecified atom stereocenters. The predicted octanol–water partition coefficient (Wildman–Crippen LogP) is 3.39. The Labute approximate surface area is 174 Å². The van der Waals surface area contributed by atoms with Crippen LogP contribution in [0.4, 0.5) is 5.82 Å². The number of aromatic nitrogens is 5. The first-order chi connectivity index (χ1) is 14.4. The van der Waals surface area contributed by atoms with Gasteiger partial charge in [0.25, 0.3) is 11.8 Å². The predicted molar refractivity (Wildman–Crippen MR) is 105 cm³/mol. The maximum atomic E-state index is 12.7. The molecule has 4 rings (SSSR count). The average Bonchev–Trinajstić information content (AvgIpc) is 3.42. The van der Waals surface area contributed by atoms with E-state index in [-0.39, 0.29) is 29.7 Å². The zero-order chi connectivity index (χ0) is 21.3. The van der Waals surface area contributed by atoms with E-state index in [1.807, 2.05) is 0 Å². The van der Waals surface area contributed by atoms with E-state index in [2.05, 4.69) is 25.5 Å². The van der Waals surface area contributed by atoms with Gasteiger partial charge in [0, 0.05) is 24.4 Å². The van der Waals surface area contributed by atoms with Crippen molar-refractivity contribution in [3.05, 3.63) is 64.9 Å². The summed E-state index contributed by atoms with van der Waals surface area (Å²) in [4.78, 5) is 33.3. The Morgan fingerprint density at radius 2 is 2.07 bits per heavy atom. The van der Waals surface area contributed by atoms with Crippen molar-refractivity contribution in [1.82, 2.24) is 25.0 Å². The number of oxazole rings is 2. The van der Waals surface area contributed by atoms with Gasteiger partial charge in [-0.15, -0.1) is 5.10 Å². The summed E-state index contributed by atoms with van der Waals surface area (Å²) in [6, 6.07) is 6.93. The van der Waals surface area contributed by atoms with Crippen LogP contribution in [0.5, 0.6) is 0 Å². The summed E-state index contributed by atoms with van der Waals surface area (Å²) in [6.07, 6.45) is 2.81. The molecule has 30 heavy (non-hydrogen) atoms. The molecular formula is C19H15ClN6O4. The van der Waals surface area contributed by atoms with E-state index in [9.17, 15) is 9.59 Å². The number of amides is 1. The molecule has 0 bridgehead atoms. The third kappa shape index (κ3) is 4.13. The third-order valence-corrected chi connectivity index (χ3v) is 4.20. The highest BCUT2D eigenvalue weighted by Crippen LogP contribution is 2.27. The number of hydrogen-bond acceptors (Lipinski definition) is 8. The Hall–Kier alpha value is -3.79. The minimum atomic E-state index is -0.507. The third-order valence-electron chi connectivity index (χ3n) is 3.97. The lowest BCUT2D eigenvalue weighted by molar-refractivity contribution is 0.0977. The quantitative estimate of drug-likeness (QED) is 0.464. The van der Waals surface area contributed by atoms with Gasteiger partial charge in [-0.2, -0.15) is 9.90 Å². The van der Waals surface area contributed by atoms with Crippen molar-refractivity contribution in [3.8, 4) is 11.3 Å². The zero-order valence-corrected chi connectivity index (χ0v) is 16.7. The fraction of sp³-hybridized carbons (Fsp3) is 0.158. The number of Topliss-reactive ketones (excluding diaryl/α,β-unsaturated/α-hetero) is 1. The molecule has 4 aromatic rings. The number of ketones is 1. The fourth-order valence-corrected chi connectivity index (χ4v) is 2.89. The second-order valence-electron chi connectivity index (χ2n) is 6.32. The number of nitrogens with one attached hydrogen (secondary N) is 1. The van der Waals surface area contributed by atoms with Gasteiger partial charge in [-0.3, -0.25) is 9.59 Å². The minimum absolute atomic E-state index is 0.0145. The van der Waals surface area contributed by atoms with E-state index in [1.54, 1.807) is 31.2 Å². The maximum absolute atomic E-state index is 12.7. The van der Waals surface area contributed by atoms with Crippen molar-refractivity contribution in [2.24, 2.45) is 0 Å². The van der Waals surface area contributed by atoms with Crippen LogP contribution in [0, 0.1) is 6.92 Å². The van der Waals surface area contributed by atoms with Crippen LogP contribution in [-0.4, -0.2) is 36.7 Å². The number of hydrogen-bond donors (Lipinski definition) is 1. The van der Waals surface area contributed by atoms with Crippen molar-refractivity contribution in [3.63, 3.8) is 0 Å². The molecule has 10 nitrogen and oxygen atoms in total. The average molecular weight is 427 g/mol. The number of aryl methyl sites for hydroxylation is 1. The van der Waals surface area contributed by atoms with E-state index >= 15 is 0 Å². The maximum Gasteiger partial charge on any atom is 0.279 e. The molecule has 0 atom stereocenters. The molecule has 3 aromatic heterocycles. The number of benzene rings is 1. The molecule has 0 saturated heterocycles. The summed E-state index contributed by atoms with van der Waals surface area (Å²) < 4.78 is 10.9. The van der Waals surface area contributed by atoms with Crippen LogP contribution in [-0.2, 0) is 6.54 Å². The van der Waals surface area contributed by atoms with Gasteiger partial charge in [-0.05, 0) is 12.1 Å². The molecule has 3 heterocycles. The molecule has 0 fully saturated rings. The van der Waals surface area contributed by atoms with Crippen LogP contribution in [0.15, 0.2) is 45.5 Å². The Bertz CT molecular complexity index is 1240. The number of anilines is 1. The summed E-state index contributed by atoms with van der Waals surface area (Å²) in [5, 5.41) is 11.4. The summed E-state index contributed by atoms with van der Waals surface area (Å²) in [5.74, 6) is 0.491. The second-order valence-corrected chi connectivity index (χ2v) is 6.76. The van der Waals surface area contributed by atoms with Gasteiger partial charge >= 0.3 is 0 Å². The van der Waals surface area contributed by atoms with E-state index in [4.69, 9.17) is 20.4 Å². The SMILES string of the molecule is CC(=O)c1ncc(Cn2ncc(NC(=O)c3nc(C)oc3-c3cccc(Cl)c3)n2)o1. The molecule has 0 aliphatic carbocycles. The van der Waals surface area contributed by atoms with Crippen LogP contribution in [0.25, 0.3) is 11.3 Å². The van der Waals surface area contributed by atoms with E-state index < -0.39 is 5.91 Å². The highest BCUT2D eigenvalue weighted by Gasteiger charge is 2.21. The lowest BCUT2D eigenvalue weighted by Crippen LogP contribution is -2.14. The summed E-state index contributed by atoms with van der Waals surface area (Å²) in [6.45, 7) is 3.15. The molecule has 11 heteroatoms. The molecule has 152 valence electrons. The van der Waals surface area contributed by atoms with Crippen molar-refractivity contribution in [2.45, 2.75) is 20.4 Å². The Balaban J connectivity index is 1.50. The van der Waals surface area contributed by atoms with E-state index in [0.717, 1.165) is 0 Å². The summed E-state index contributed by atoms with van der Waals surface area (Å²) in [5.41, 5.74) is 0.731. The van der Waals surface area contributed by atoms with Crippen LogP contribution in [0.2, 0.25) is 5.02 Å². The zero-order valence-electron chi connectivity index (χ0n) is 15.9. The molecule has 1 N–H and O–H groups in total. The van der Waals surface area contributed by atoms with Gasteiger partial charge in [0.2, 0.25) is 5.78 Å². The first-order valence-corrected chi connectivity index (χ1v) is 9.17. The Kier molecular flexibility index (Phi) is 5.15. The van der Waals surface area contributed by atoms with Crippen LogP contribution < -0.4 is 5.32 Å². The Morgan fingerprint density at radius 3 is 2.80 bits per heavy atom. The monoisotopic (exact) mass is 426 g/mol. The number of nitrogens with zero attached hydrogens (tertiary/aromatic N) is 5. The van der Waals surface area contributed by atoms with Crippen molar-refractivity contribution < 1.29 is 18.4 Å². The van der Waals surface area contributed by atoms with Gasteiger partial charge in [-0.1, -0.05) is 23.7 Å². The molecule has 0 spiro atoms. The van der Waals surface area contributed by atoms with Crippen molar-refractivity contribution in [1.29, 1.82) is 0 Å². The number of rotatable bonds is 6. The highest BCUT2D eigenvalue weighted by atomic mass is 35.5. The van der Waals surface area contributed by atoms with Gasteiger partial charge in [0.15, 0.2) is 23.2 Å². The highest BCUT2D eigenvalue weighted by molar-refractivity contribution is 6.30. The van der Waals surface area contributed by atoms with Gasteiger partial charge in [0.1, 0.15) is 12.3 Å². The van der Waals surface area contributed by atoms with Gasteiger partial charge < -0.3 is 14.2 Å². The molecular weight excluding hydrogens is 412 g/mol. The lowest BCUT2D eigenvalue weighted by Gasteiger charge is -2.02. The van der Waals surface area contributed by atoms with Crippen molar-refractivity contribution >= 4 is 29.1 Å². The van der Waals surface area contributed by atoms with Crippen LogP contribution in [0.3, 0.4) is 0 Å². The first kappa shape index (κ1) is 19.5. The number of carbonyl (C=O) groups excluding carboxylic acids is 2. The standard InChI is InChI=1S/C19H15ClN6O4/c1-10(27)19-21-7-14(30-19)9-26-22-8-15(25-26)24-18(28)16-17(29-11(2)23-16)12-4-3-5-13(20)6-12/h3-8H,9H2,1-2H3,(H,24,25,28). The van der Waals surface area contributed by atoms with E-state index in [1.165, 1.54) is 24.1 Å². The number of halogens is 1. The summed E-state index contributed by atoms with van der Waals surface area (Å²) in [7, 11) is 0. The molecule has 0 saturated carbocycles.